The van der Waals surface area contributed by atoms with E-state index in [2.05, 4.69) is 28.0 Å². The minimum absolute atomic E-state index is 0.0295. The molecule has 1 atom stereocenters. The predicted molar refractivity (Wildman–Crippen MR) is 83.5 cm³/mol. The van der Waals surface area contributed by atoms with Crippen LogP contribution in [0.5, 0.6) is 0 Å². The molecule has 1 aromatic carbocycles. The van der Waals surface area contributed by atoms with Crippen LogP contribution in [0, 0.1) is 5.82 Å². The number of hydrogen-bond acceptors (Lipinski definition) is 4. The number of thiophene rings is 1. The van der Waals surface area contributed by atoms with E-state index in [0.717, 1.165) is 27.3 Å². The summed E-state index contributed by atoms with van der Waals surface area (Å²) < 4.78 is 16.3. The molecule has 21 heavy (non-hydrogen) atoms. The fraction of sp³-hybridized carbons (Fsp3) is 0.267. The van der Waals surface area contributed by atoms with Crippen molar-refractivity contribution in [2.24, 2.45) is 5.84 Å². The van der Waals surface area contributed by atoms with Gasteiger partial charge in [0.05, 0.1) is 6.04 Å². The molecule has 0 spiro atoms. The summed E-state index contributed by atoms with van der Waals surface area (Å²) in [7, 11) is 0. The Morgan fingerprint density at radius 1 is 1.43 bits per heavy atom. The van der Waals surface area contributed by atoms with Crippen molar-refractivity contribution >= 4 is 21.4 Å². The largest absolute Gasteiger partial charge is 0.335 e. The van der Waals surface area contributed by atoms with Crippen LogP contribution in [-0.4, -0.2) is 9.55 Å². The summed E-state index contributed by atoms with van der Waals surface area (Å²) in [5.74, 6) is 6.49. The Morgan fingerprint density at radius 3 is 3.05 bits per heavy atom. The smallest absolute Gasteiger partial charge is 0.124 e. The fourth-order valence-electron chi connectivity index (χ4n) is 2.44. The zero-order valence-corrected chi connectivity index (χ0v) is 12.5. The number of imidazole rings is 1. The van der Waals surface area contributed by atoms with Crippen molar-refractivity contribution < 1.29 is 4.39 Å². The van der Waals surface area contributed by atoms with Gasteiger partial charge in [0.1, 0.15) is 11.6 Å². The zero-order valence-electron chi connectivity index (χ0n) is 11.7. The molecule has 0 aliphatic rings. The molecule has 0 bridgehead atoms. The number of rotatable bonds is 5. The van der Waals surface area contributed by atoms with E-state index in [0.29, 0.717) is 6.42 Å². The highest BCUT2D eigenvalue weighted by Gasteiger charge is 2.16. The Hall–Kier alpha value is -1.76. The first-order valence-electron chi connectivity index (χ1n) is 6.86. The lowest BCUT2D eigenvalue weighted by Crippen LogP contribution is -2.29. The second-order valence-corrected chi connectivity index (χ2v) is 6.00. The van der Waals surface area contributed by atoms with Crippen LogP contribution in [0.2, 0.25) is 0 Å². The van der Waals surface area contributed by atoms with Crippen molar-refractivity contribution in [3.05, 3.63) is 53.2 Å². The SMILES string of the molecule is CCn1ccnc1CC(NN)c1cc2ccc(F)cc2s1. The minimum atomic E-state index is -0.213. The Balaban J connectivity index is 1.90. The van der Waals surface area contributed by atoms with E-state index in [1.54, 1.807) is 29.7 Å². The topological polar surface area (TPSA) is 55.9 Å². The van der Waals surface area contributed by atoms with Crippen LogP contribution in [0.4, 0.5) is 4.39 Å². The first-order valence-corrected chi connectivity index (χ1v) is 7.68. The zero-order chi connectivity index (χ0) is 14.8. The summed E-state index contributed by atoms with van der Waals surface area (Å²) in [5.41, 5.74) is 2.85. The molecule has 2 heterocycles. The molecule has 6 heteroatoms. The van der Waals surface area contributed by atoms with E-state index in [1.807, 2.05) is 6.20 Å². The Kier molecular flexibility index (Phi) is 4.01. The summed E-state index contributed by atoms with van der Waals surface area (Å²) in [6.07, 6.45) is 4.46. The Labute approximate surface area is 126 Å². The van der Waals surface area contributed by atoms with E-state index < -0.39 is 0 Å². The van der Waals surface area contributed by atoms with Gasteiger partial charge in [-0.15, -0.1) is 11.3 Å². The summed E-state index contributed by atoms with van der Waals surface area (Å²) in [5, 5.41) is 1.04. The van der Waals surface area contributed by atoms with Gasteiger partial charge in [0.25, 0.3) is 0 Å². The molecular formula is C15H17FN4S. The van der Waals surface area contributed by atoms with Gasteiger partial charge in [-0.3, -0.25) is 11.3 Å². The van der Waals surface area contributed by atoms with Crippen LogP contribution in [0.3, 0.4) is 0 Å². The first kappa shape index (κ1) is 14.2. The van der Waals surface area contributed by atoms with Crippen molar-refractivity contribution in [2.45, 2.75) is 25.9 Å². The molecule has 2 aromatic heterocycles. The van der Waals surface area contributed by atoms with E-state index in [9.17, 15) is 4.39 Å². The van der Waals surface area contributed by atoms with E-state index in [1.165, 1.54) is 6.07 Å². The molecule has 0 amide bonds. The lowest BCUT2D eigenvalue weighted by molar-refractivity contribution is 0.530. The highest BCUT2D eigenvalue weighted by Crippen LogP contribution is 2.31. The molecule has 0 saturated carbocycles. The van der Waals surface area contributed by atoms with Crippen LogP contribution in [0.25, 0.3) is 10.1 Å². The maximum Gasteiger partial charge on any atom is 0.124 e. The average Bonchev–Trinajstić information content (AvgIpc) is 3.09. The van der Waals surface area contributed by atoms with Crippen molar-refractivity contribution in [2.75, 3.05) is 0 Å². The van der Waals surface area contributed by atoms with Gasteiger partial charge in [-0.25, -0.2) is 9.37 Å². The van der Waals surface area contributed by atoms with Gasteiger partial charge in [-0.05, 0) is 30.5 Å². The number of nitrogens with zero attached hydrogens (tertiary/aromatic N) is 2. The number of fused-ring (bicyclic) bond motifs is 1. The van der Waals surface area contributed by atoms with Gasteiger partial charge in [-0.1, -0.05) is 6.07 Å². The molecule has 0 fully saturated rings. The normalized spacial score (nSPS) is 12.9. The number of hydrazine groups is 1. The summed E-state index contributed by atoms with van der Waals surface area (Å²) in [4.78, 5) is 5.47. The lowest BCUT2D eigenvalue weighted by Gasteiger charge is -2.14. The van der Waals surface area contributed by atoms with Gasteiger partial charge in [0.15, 0.2) is 0 Å². The molecule has 3 aromatic rings. The third-order valence-corrected chi connectivity index (χ3v) is 4.79. The minimum Gasteiger partial charge on any atom is -0.335 e. The van der Waals surface area contributed by atoms with Gasteiger partial charge < -0.3 is 4.57 Å². The van der Waals surface area contributed by atoms with Crippen molar-refractivity contribution in [3.8, 4) is 0 Å². The second kappa shape index (κ2) is 5.93. The predicted octanol–water partition coefficient (Wildman–Crippen LogP) is 3.00. The van der Waals surface area contributed by atoms with E-state index in [4.69, 9.17) is 5.84 Å². The van der Waals surface area contributed by atoms with Crippen molar-refractivity contribution in [1.29, 1.82) is 0 Å². The van der Waals surface area contributed by atoms with Crippen LogP contribution >= 0.6 is 11.3 Å². The number of hydrogen-bond donors (Lipinski definition) is 2. The lowest BCUT2D eigenvalue weighted by atomic mass is 10.1. The van der Waals surface area contributed by atoms with Crippen LogP contribution in [0.1, 0.15) is 23.7 Å². The Morgan fingerprint density at radius 2 is 2.29 bits per heavy atom. The van der Waals surface area contributed by atoms with E-state index in [-0.39, 0.29) is 11.9 Å². The molecule has 3 N–H and O–H groups in total. The van der Waals surface area contributed by atoms with Gasteiger partial charge in [0, 0.05) is 34.9 Å². The molecule has 1 unspecified atom stereocenters. The number of nitrogens with one attached hydrogen (secondary N) is 1. The number of aromatic nitrogens is 2. The van der Waals surface area contributed by atoms with Gasteiger partial charge >= 0.3 is 0 Å². The number of halogens is 1. The number of benzene rings is 1. The average molecular weight is 304 g/mol. The summed E-state index contributed by atoms with van der Waals surface area (Å²) in [6, 6.07) is 6.87. The molecule has 0 aliphatic heterocycles. The highest BCUT2D eigenvalue weighted by molar-refractivity contribution is 7.19. The van der Waals surface area contributed by atoms with Crippen LogP contribution in [-0.2, 0) is 13.0 Å². The van der Waals surface area contributed by atoms with Crippen LogP contribution < -0.4 is 11.3 Å². The highest BCUT2D eigenvalue weighted by atomic mass is 32.1. The third-order valence-electron chi connectivity index (χ3n) is 3.57. The first-order chi connectivity index (χ1) is 10.2. The molecule has 3 rings (SSSR count). The van der Waals surface area contributed by atoms with Gasteiger partial charge in [-0.2, -0.15) is 0 Å². The third kappa shape index (κ3) is 2.83. The maximum absolute atomic E-state index is 13.3. The fourth-order valence-corrected chi connectivity index (χ4v) is 3.59. The van der Waals surface area contributed by atoms with Gasteiger partial charge in [0.2, 0.25) is 0 Å². The second-order valence-electron chi connectivity index (χ2n) is 4.88. The van der Waals surface area contributed by atoms with Crippen molar-refractivity contribution in [1.82, 2.24) is 15.0 Å². The molecule has 0 saturated heterocycles. The van der Waals surface area contributed by atoms with Crippen molar-refractivity contribution in [3.63, 3.8) is 0 Å². The Bertz CT molecular complexity index is 749. The van der Waals surface area contributed by atoms with E-state index >= 15 is 0 Å². The molecule has 4 nitrogen and oxygen atoms in total. The maximum atomic E-state index is 13.3. The number of aryl methyl sites for hydroxylation is 1. The quantitative estimate of drug-likeness (QED) is 0.563. The summed E-state index contributed by atoms with van der Waals surface area (Å²) in [6.45, 7) is 2.96. The standard InChI is InChI=1S/C15H17FN4S/c1-2-20-6-5-18-15(20)9-12(19-17)14-7-10-3-4-11(16)8-13(10)21-14/h3-8,12,19H,2,9,17H2,1H3. The summed E-state index contributed by atoms with van der Waals surface area (Å²) >= 11 is 1.56. The van der Waals surface area contributed by atoms with Crippen LogP contribution in [0.15, 0.2) is 36.7 Å². The monoisotopic (exact) mass is 304 g/mol. The molecular weight excluding hydrogens is 287 g/mol. The molecule has 0 aliphatic carbocycles. The molecule has 110 valence electrons. The molecule has 0 radical (unpaired) electrons. The number of nitrogens with two attached hydrogens (primary N) is 1.